The molecule has 0 aliphatic carbocycles. The van der Waals surface area contributed by atoms with Crippen LogP contribution in [0.15, 0.2) is 12.4 Å². The zero-order chi connectivity index (χ0) is 13.6. The molecule has 0 saturated heterocycles. The van der Waals surface area contributed by atoms with Gasteiger partial charge in [0.25, 0.3) is 0 Å². The molecule has 0 amide bonds. The molecule has 1 unspecified atom stereocenters. The molecule has 0 bridgehead atoms. The average molecular weight is 251 g/mol. The molecule has 0 saturated carbocycles. The van der Waals surface area contributed by atoms with Crippen LogP contribution in [0.25, 0.3) is 0 Å². The van der Waals surface area contributed by atoms with Crippen LogP contribution in [0, 0.1) is 5.41 Å². The fourth-order valence-corrected chi connectivity index (χ4v) is 2.59. The van der Waals surface area contributed by atoms with Crippen molar-refractivity contribution in [2.45, 2.75) is 66.5 Å². The summed E-state index contributed by atoms with van der Waals surface area (Å²) in [5.74, 6) is 0. The summed E-state index contributed by atoms with van der Waals surface area (Å²) in [5, 5.41) is 7.92. The van der Waals surface area contributed by atoms with Gasteiger partial charge in [-0.3, -0.25) is 4.68 Å². The van der Waals surface area contributed by atoms with Gasteiger partial charge in [-0.2, -0.15) is 5.10 Å². The number of aryl methyl sites for hydroxylation is 1. The Kier molecular flexibility index (Phi) is 5.86. The van der Waals surface area contributed by atoms with Gasteiger partial charge in [-0.1, -0.05) is 20.8 Å². The van der Waals surface area contributed by atoms with Crippen LogP contribution in [-0.2, 0) is 13.0 Å². The lowest BCUT2D eigenvalue weighted by molar-refractivity contribution is 0.287. The van der Waals surface area contributed by atoms with Gasteiger partial charge in [0.2, 0.25) is 0 Å². The zero-order valence-electron chi connectivity index (χ0n) is 12.7. The molecule has 0 fully saturated rings. The maximum absolute atomic E-state index is 4.35. The van der Waals surface area contributed by atoms with Crippen molar-refractivity contribution < 1.29 is 0 Å². The predicted molar refractivity (Wildman–Crippen MR) is 77.8 cm³/mol. The second-order valence-corrected chi connectivity index (χ2v) is 6.10. The zero-order valence-corrected chi connectivity index (χ0v) is 12.7. The summed E-state index contributed by atoms with van der Waals surface area (Å²) < 4.78 is 2.00. The van der Waals surface area contributed by atoms with Gasteiger partial charge in [0, 0.05) is 18.8 Å². The maximum Gasteiger partial charge on any atom is 0.0521 e. The van der Waals surface area contributed by atoms with E-state index in [-0.39, 0.29) is 0 Å². The molecule has 3 nitrogen and oxygen atoms in total. The summed E-state index contributed by atoms with van der Waals surface area (Å²) in [6, 6.07) is 0.584. The van der Waals surface area contributed by atoms with Crippen molar-refractivity contribution in [1.82, 2.24) is 15.1 Å². The minimum atomic E-state index is 0.321. The lowest BCUT2D eigenvalue weighted by Crippen LogP contribution is -2.32. The topological polar surface area (TPSA) is 29.9 Å². The lowest BCUT2D eigenvalue weighted by atomic mass is 9.81. The minimum absolute atomic E-state index is 0.321. The third kappa shape index (κ3) is 5.21. The van der Waals surface area contributed by atoms with Crippen LogP contribution in [0.3, 0.4) is 0 Å². The molecular weight excluding hydrogens is 222 g/mol. The Balaban J connectivity index is 2.47. The van der Waals surface area contributed by atoms with E-state index in [2.05, 4.69) is 51.2 Å². The van der Waals surface area contributed by atoms with Crippen LogP contribution in [0.1, 0.15) is 53.0 Å². The third-order valence-electron chi connectivity index (χ3n) is 3.29. The van der Waals surface area contributed by atoms with Crippen LogP contribution < -0.4 is 5.32 Å². The molecule has 1 N–H and O–H groups in total. The van der Waals surface area contributed by atoms with Gasteiger partial charge < -0.3 is 5.32 Å². The van der Waals surface area contributed by atoms with Gasteiger partial charge >= 0.3 is 0 Å². The largest absolute Gasteiger partial charge is 0.314 e. The average Bonchev–Trinajstić information content (AvgIpc) is 2.72. The Bertz CT molecular complexity index is 341. The second kappa shape index (κ2) is 6.93. The van der Waals surface area contributed by atoms with Gasteiger partial charge in [0.05, 0.1) is 6.20 Å². The van der Waals surface area contributed by atoms with Crippen LogP contribution in [0.2, 0.25) is 0 Å². The number of aromatic nitrogens is 2. The Morgan fingerprint density at radius 3 is 2.67 bits per heavy atom. The normalized spacial score (nSPS) is 13.8. The smallest absolute Gasteiger partial charge is 0.0521 e. The third-order valence-corrected chi connectivity index (χ3v) is 3.29. The first-order valence-electron chi connectivity index (χ1n) is 7.21. The van der Waals surface area contributed by atoms with Crippen molar-refractivity contribution in [3.8, 4) is 0 Å². The number of nitrogens with one attached hydrogen (secondary N) is 1. The van der Waals surface area contributed by atoms with E-state index >= 15 is 0 Å². The quantitative estimate of drug-likeness (QED) is 0.768. The Labute approximate surface area is 112 Å². The lowest BCUT2D eigenvalue weighted by Gasteiger charge is -2.28. The van der Waals surface area contributed by atoms with Crippen molar-refractivity contribution in [3.63, 3.8) is 0 Å². The molecule has 0 aromatic carbocycles. The van der Waals surface area contributed by atoms with Gasteiger partial charge in [0.15, 0.2) is 0 Å². The maximum atomic E-state index is 4.35. The fraction of sp³-hybridized carbons (Fsp3) is 0.800. The summed E-state index contributed by atoms with van der Waals surface area (Å²) in [4.78, 5) is 0. The van der Waals surface area contributed by atoms with Crippen LogP contribution in [0.5, 0.6) is 0 Å². The van der Waals surface area contributed by atoms with Gasteiger partial charge in [0.1, 0.15) is 0 Å². The van der Waals surface area contributed by atoms with Gasteiger partial charge in [-0.25, -0.2) is 0 Å². The molecule has 0 spiro atoms. The number of hydrogen-bond acceptors (Lipinski definition) is 2. The summed E-state index contributed by atoms with van der Waals surface area (Å²) in [7, 11) is 0. The van der Waals surface area contributed by atoms with Crippen molar-refractivity contribution in [1.29, 1.82) is 0 Å². The highest BCUT2D eigenvalue weighted by Crippen LogP contribution is 2.27. The summed E-state index contributed by atoms with van der Waals surface area (Å²) in [5.41, 5.74) is 1.67. The van der Waals surface area contributed by atoms with E-state index in [1.165, 1.54) is 18.4 Å². The molecule has 1 rings (SSSR count). The molecule has 0 aliphatic heterocycles. The van der Waals surface area contributed by atoms with Gasteiger partial charge in [-0.05, 0) is 50.6 Å². The van der Waals surface area contributed by atoms with Crippen LogP contribution in [-0.4, -0.2) is 22.4 Å². The first kappa shape index (κ1) is 15.2. The summed E-state index contributed by atoms with van der Waals surface area (Å²) in [6.45, 7) is 13.4. The predicted octanol–water partition coefficient (Wildman–Crippen LogP) is 3.25. The molecule has 18 heavy (non-hydrogen) atoms. The molecule has 1 heterocycles. The van der Waals surface area contributed by atoms with E-state index in [4.69, 9.17) is 0 Å². The van der Waals surface area contributed by atoms with Crippen molar-refractivity contribution in [2.75, 3.05) is 6.54 Å². The monoisotopic (exact) mass is 251 g/mol. The molecule has 104 valence electrons. The van der Waals surface area contributed by atoms with Gasteiger partial charge in [-0.15, -0.1) is 0 Å². The standard InChI is InChI=1S/C15H29N3/c1-6-8-16-13(3)9-15(4,5)10-14-11-17-18(7-2)12-14/h11-13,16H,6-10H2,1-5H3. The van der Waals surface area contributed by atoms with Crippen LogP contribution in [0.4, 0.5) is 0 Å². The first-order valence-corrected chi connectivity index (χ1v) is 7.21. The highest BCUT2D eigenvalue weighted by Gasteiger charge is 2.22. The summed E-state index contributed by atoms with van der Waals surface area (Å²) >= 11 is 0. The highest BCUT2D eigenvalue weighted by molar-refractivity contribution is 5.06. The Morgan fingerprint density at radius 2 is 2.11 bits per heavy atom. The molecule has 1 aromatic heterocycles. The number of hydrogen-bond donors (Lipinski definition) is 1. The molecule has 0 radical (unpaired) electrons. The summed E-state index contributed by atoms with van der Waals surface area (Å²) in [6.07, 6.45) is 7.69. The minimum Gasteiger partial charge on any atom is -0.314 e. The fourth-order valence-electron chi connectivity index (χ4n) is 2.59. The van der Waals surface area contributed by atoms with E-state index in [1.807, 2.05) is 10.9 Å². The van der Waals surface area contributed by atoms with Crippen molar-refractivity contribution in [3.05, 3.63) is 18.0 Å². The first-order chi connectivity index (χ1) is 8.46. The SMILES string of the molecule is CCCNC(C)CC(C)(C)Cc1cnn(CC)c1. The van der Waals surface area contributed by atoms with Crippen LogP contribution >= 0.6 is 0 Å². The molecule has 1 atom stereocenters. The van der Waals surface area contributed by atoms with Crippen molar-refractivity contribution in [2.24, 2.45) is 5.41 Å². The van der Waals surface area contributed by atoms with E-state index in [0.29, 0.717) is 11.5 Å². The Morgan fingerprint density at radius 1 is 1.39 bits per heavy atom. The molecule has 3 heteroatoms. The number of nitrogens with zero attached hydrogens (tertiary/aromatic N) is 2. The number of rotatable bonds is 8. The highest BCUT2D eigenvalue weighted by atomic mass is 15.3. The van der Waals surface area contributed by atoms with E-state index in [0.717, 1.165) is 19.5 Å². The Hall–Kier alpha value is -0.830. The van der Waals surface area contributed by atoms with Crippen molar-refractivity contribution >= 4 is 0 Å². The molecule has 0 aliphatic rings. The van der Waals surface area contributed by atoms with E-state index < -0.39 is 0 Å². The molecular formula is C15H29N3. The molecule has 1 aromatic rings. The van der Waals surface area contributed by atoms with E-state index in [9.17, 15) is 0 Å². The van der Waals surface area contributed by atoms with E-state index in [1.54, 1.807) is 0 Å². The second-order valence-electron chi connectivity index (χ2n) is 6.10.